The van der Waals surface area contributed by atoms with Crippen molar-refractivity contribution in [2.75, 3.05) is 0 Å². The van der Waals surface area contributed by atoms with E-state index in [0.717, 1.165) is 23.6 Å². The van der Waals surface area contributed by atoms with E-state index in [0.29, 0.717) is 0 Å². The van der Waals surface area contributed by atoms with E-state index in [1.165, 1.54) is 5.56 Å². The van der Waals surface area contributed by atoms with E-state index in [-0.39, 0.29) is 0 Å². The lowest BCUT2D eigenvalue weighted by molar-refractivity contribution is 0.946. The van der Waals surface area contributed by atoms with Crippen LogP contribution in [-0.4, -0.2) is 4.98 Å². The molecule has 0 amide bonds. The van der Waals surface area contributed by atoms with Crippen molar-refractivity contribution in [3.8, 4) is 0 Å². The molecule has 1 aromatic heterocycles. The summed E-state index contributed by atoms with van der Waals surface area (Å²) in [6.45, 7) is 0. The first-order valence-electron chi connectivity index (χ1n) is 5.66. The second-order valence-corrected chi connectivity index (χ2v) is 4.25. The molecule has 0 spiro atoms. The second-order valence-electron chi connectivity index (χ2n) is 3.81. The molecule has 86 valence electrons. The molecule has 1 heterocycles. The number of benzene rings is 1. The SMILES string of the molecule is Clc1ccc(/C=C/CCc2ccccn2)cc1. The molecule has 0 N–H and O–H groups in total. The molecule has 1 aromatic carbocycles. The molecular formula is C15H14ClN. The molecule has 0 unspecified atom stereocenters. The molecule has 2 aromatic rings. The maximum Gasteiger partial charge on any atom is 0.0406 e. The number of hydrogen-bond acceptors (Lipinski definition) is 1. The van der Waals surface area contributed by atoms with Gasteiger partial charge in [0.2, 0.25) is 0 Å². The summed E-state index contributed by atoms with van der Waals surface area (Å²) in [7, 11) is 0. The Balaban J connectivity index is 1.84. The number of allylic oxidation sites excluding steroid dienone is 1. The van der Waals surface area contributed by atoms with Crippen molar-refractivity contribution < 1.29 is 0 Å². The average Bonchev–Trinajstić information content (AvgIpc) is 2.38. The fourth-order valence-corrected chi connectivity index (χ4v) is 1.70. The molecule has 0 saturated heterocycles. The zero-order chi connectivity index (χ0) is 11.9. The van der Waals surface area contributed by atoms with Gasteiger partial charge in [-0.1, -0.05) is 42.0 Å². The summed E-state index contributed by atoms with van der Waals surface area (Å²) in [5, 5.41) is 0.774. The Labute approximate surface area is 107 Å². The molecule has 2 heteroatoms. The summed E-state index contributed by atoms with van der Waals surface area (Å²) < 4.78 is 0. The van der Waals surface area contributed by atoms with Gasteiger partial charge in [0.1, 0.15) is 0 Å². The highest BCUT2D eigenvalue weighted by atomic mass is 35.5. The van der Waals surface area contributed by atoms with Crippen molar-refractivity contribution in [1.82, 2.24) is 4.98 Å². The monoisotopic (exact) mass is 243 g/mol. The summed E-state index contributed by atoms with van der Waals surface area (Å²) in [5.41, 5.74) is 2.31. The van der Waals surface area contributed by atoms with Gasteiger partial charge < -0.3 is 0 Å². The maximum atomic E-state index is 5.82. The number of rotatable bonds is 4. The smallest absolute Gasteiger partial charge is 0.0406 e. The Morgan fingerprint density at radius 1 is 1.06 bits per heavy atom. The van der Waals surface area contributed by atoms with Crippen molar-refractivity contribution in [3.63, 3.8) is 0 Å². The fourth-order valence-electron chi connectivity index (χ4n) is 1.57. The van der Waals surface area contributed by atoms with Gasteiger partial charge in [-0.25, -0.2) is 0 Å². The van der Waals surface area contributed by atoms with Gasteiger partial charge in [-0.15, -0.1) is 0 Å². The van der Waals surface area contributed by atoms with Gasteiger partial charge in [0.25, 0.3) is 0 Å². The maximum absolute atomic E-state index is 5.82. The summed E-state index contributed by atoms with van der Waals surface area (Å²) in [5.74, 6) is 0. The number of halogens is 1. The number of hydrogen-bond donors (Lipinski definition) is 0. The van der Waals surface area contributed by atoms with Gasteiger partial charge in [-0.2, -0.15) is 0 Å². The Kier molecular flexibility index (Phi) is 4.34. The molecule has 2 rings (SSSR count). The Bertz CT molecular complexity index is 474. The minimum atomic E-state index is 0.774. The van der Waals surface area contributed by atoms with Crippen LogP contribution in [-0.2, 0) is 6.42 Å². The minimum Gasteiger partial charge on any atom is -0.261 e. The van der Waals surface area contributed by atoms with Crippen molar-refractivity contribution in [2.45, 2.75) is 12.8 Å². The summed E-state index contributed by atoms with van der Waals surface area (Å²) in [4.78, 5) is 4.28. The highest BCUT2D eigenvalue weighted by Crippen LogP contribution is 2.11. The average molecular weight is 244 g/mol. The Hall–Kier alpha value is -1.60. The summed E-state index contributed by atoms with van der Waals surface area (Å²) in [6.07, 6.45) is 8.08. The molecule has 0 radical (unpaired) electrons. The van der Waals surface area contributed by atoms with Gasteiger partial charge >= 0.3 is 0 Å². The summed E-state index contributed by atoms with van der Waals surface area (Å²) >= 11 is 5.82. The topological polar surface area (TPSA) is 12.9 Å². The highest BCUT2D eigenvalue weighted by molar-refractivity contribution is 6.30. The zero-order valence-corrected chi connectivity index (χ0v) is 10.3. The van der Waals surface area contributed by atoms with Crippen LogP contribution in [0.5, 0.6) is 0 Å². The van der Waals surface area contributed by atoms with Gasteiger partial charge in [0.15, 0.2) is 0 Å². The summed E-state index contributed by atoms with van der Waals surface area (Å²) in [6, 6.07) is 13.8. The van der Waals surface area contributed by atoms with Crippen LogP contribution in [0.3, 0.4) is 0 Å². The first-order chi connectivity index (χ1) is 8.34. The van der Waals surface area contributed by atoms with Crippen LogP contribution in [0.15, 0.2) is 54.7 Å². The predicted molar refractivity (Wildman–Crippen MR) is 73.0 cm³/mol. The van der Waals surface area contributed by atoms with Crippen LogP contribution in [0.2, 0.25) is 5.02 Å². The number of aromatic nitrogens is 1. The minimum absolute atomic E-state index is 0.774. The van der Waals surface area contributed by atoms with Crippen LogP contribution in [0.4, 0.5) is 0 Å². The van der Waals surface area contributed by atoms with Crippen LogP contribution >= 0.6 is 11.6 Å². The lowest BCUT2D eigenvalue weighted by Gasteiger charge is -1.96. The zero-order valence-electron chi connectivity index (χ0n) is 9.51. The Morgan fingerprint density at radius 3 is 2.59 bits per heavy atom. The number of nitrogens with zero attached hydrogens (tertiary/aromatic N) is 1. The second kappa shape index (κ2) is 6.21. The highest BCUT2D eigenvalue weighted by Gasteiger charge is 1.90. The first-order valence-corrected chi connectivity index (χ1v) is 6.04. The standard InChI is InChI=1S/C15H14ClN/c16-14-10-8-13(9-11-14)5-1-2-6-15-7-3-4-12-17-15/h1,3-5,7-12H,2,6H2/b5-1+. The number of aryl methyl sites for hydroxylation is 1. The third-order valence-corrected chi connectivity index (χ3v) is 2.73. The van der Waals surface area contributed by atoms with Gasteiger partial charge in [0, 0.05) is 16.9 Å². The van der Waals surface area contributed by atoms with E-state index in [9.17, 15) is 0 Å². The van der Waals surface area contributed by atoms with E-state index in [1.54, 1.807) is 0 Å². The van der Waals surface area contributed by atoms with Crippen LogP contribution in [0, 0.1) is 0 Å². The molecule has 0 aliphatic rings. The lowest BCUT2D eigenvalue weighted by Crippen LogP contribution is -1.86. The van der Waals surface area contributed by atoms with E-state index in [2.05, 4.69) is 23.2 Å². The van der Waals surface area contributed by atoms with E-state index in [1.807, 2.05) is 42.6 Å². The van der Waals surface area contributed by atoms with E-state index < -0.39 is 0 Å². The fraction of sp³-hybridized carbons (Fsp3) is 0.133. The van der Waals surface area contributed by atoms with Crippen LogP contribution in [0.25, 0.3) is 6.08 Å². The van der Waals surface area contributed by atoms with E-state index >= 15 is 0 Å². The molecule has 0 aliphatic heterocycles. The largest absolute Gasteiger partial charge is 0.261 e. The quantitative estimate of drug-likeness (QED) is 0.777. The third-order valence-electron chi connectivity index (χ3n) is 2.47. The van der Waals surface area contributed by atoms with Gasteiger partial charge in [-0.05, 0) is 42.7 Å². The van der Waals surface area contributed by atoms with Crippen molar-refractivity contribution in [3.05, 3.63) is 71.0 Å². The Morgan fingerprint density at radius 2 is 1.88 bits per heavy atom. The van der Waals surface area contributed by atoms with Crippen molar-refractivity contribution >= 4 is 17.7 Å². The van der Waals surface area contributed by atoms with Crippen molar-refractivity contribution in [2.24, 2.45) is 0 Å². The number of pyridine rings is 1. The molecule has 17 heavy (non-hydrogen) atoms. The third kappa shape index (κ3) is 4.04. The molecule has 0 atom stereocenters. The van der Waals surface area contributed by atoms with E-state index in [4.69, 9.17) is 11.6 Å². The van der Waals surface area contributed by atoms with Crippen LogP contribution < -0.4 is 0 Å². The van der Waals surface area contributed by atoms with Crippen LogP contribution in [0.1, 0.15) is 17.7 Å². The van der Waals surface area contributed by atoms with Gasteiger partial charge in [0.05, 0.1) is 0 Å². The lowest BCUT2D eigenvalue weighted by atomic mass is 10.1. The molecule has 1 nitrogen and oxygen atoms in total. The van der Waals surface area contributed by atoms with Crippen molar-refractivity contribution in [1.29, 1.82) is 0 Å². The molecule has 0 aliphatic carbocycles. The molecule has 0 bridgehead atoms. The predicted octanol–water partition coefficient (Wildman–Crippen LogP) is 4.38. The normalized spacial score (nSPS) is 10.9. The molecular weight excluding hydrogens is 230 g/mol. The molecule has 0 saturated carbocycles. The molecule has 0 fully saturated rings. The van der Waals surface area contributed by atoms with Gasteiger partial charge in [-0.3, -0.25) is 4.98 Å². The first kappa shape index (κ1) is 11.9.